The molecule has 1 aliphatic rings. The van der Waals surface area contributed by atoms with Gasteiger partial charge < -0.3 is 20.2 Å². The van der Waals surface area contributed by atoms with E-state index in [4.69, 9.17) is 14.9 Å². The van der Waals surface area contributed by atoms with Crippen LogP contribution in [0.4, 0.5) is 15.9 Å². The van der Waals surface area contributed by atoms with Crippen molar-refractivity contribution in [3.05, 3.63) is 39.7 Å². The van der Waals surface area contributed by atoms with Crippen LogP contribution in [0, 0.1) is 23.1 Å². The summed E-state index contributed by atoms with van der Waals surface area (Å²) in [6.07, 6.45) is 2.08. The summed E-state index contributed by atoms with van der Waals surface area (Å²) in [6, 6.07) is 5.00. The van der Waals surface area contributed by atoms with Crippen molar-refractivity contribution < 1.29 is 18.3 Å². The van der Waals surface area contributed by atoms with Gasteiger partial charge in [0.1, 0.15) is 11.4 Å². The lowest BCUT2D eigenvalue weighted by Crippen LogP contribution is -2.40. The molecule has 1 saturated heterocycles. The van der Waals surface area contributed by atoms with Crippen LogP contribution in [-0.2, 0) is 15.8 Å². The molecule has 1 amide bonds. The molecular formula is C23H31BrFN5O3Si. The van der Waals surface area contributed by atoms with E-state index in [1.165, 1.54) is 16.9 Å². The Bertz CT molecular complexity index is 1110. The maximum Gasteiger partial charge on any atom is 0.254 e. The fourth-order valence-corrected chi connectivity index (χ4v) is 4.70. The number of halogens is 2. The van der Waals surface area contributed by atoms with Crippen molar-refractivity contribution in [3.8, 4) is 6.07 Å². The third-order valence-electron chi connectivity index (χ3n) is 6.59. The summed E-state index contributed by atoms with van der Waals surface area (Å²) in [4.78, 5) is 12.1. The van der Waals surface area contributed by atoms with Crippen molar-refractivity contribution >= 4 is 41.7 Å². The fourth-order valence-electron chi connectivity index (χ4n) is 3.40. The van der Waals surface area contributed by atoms with Crippen LogP contribution in [-0.4, -0.2) is 37.2 Å². The minimum atomic E-state index is -2.05. The van der Waals surface area contributed by atoms with E-state index in [-0.39, 0.29) is 35.0 Å². The lowest BCUT2D eigenvalue weighted by Gasteiger charge is -2.36. The van der Waals surface area contributed by atoms with Gasteiger partial charge in [-0.2, -0.15) is 10.4 Å². The summed E-state index contributed by atoms with van der Waals surface area (Å²) >= 11 is 3.32. The molecule has 0 spiro atoms. The zero-order valence-electron chi connectivity index (χ0n) is 20.1. The number of aromatic nitrogens is 2. The minimum Gasteiger partial charge on any atom is -0.413 e. The zero-order valence-corrected chi connectivity index (χ0v) is 22.7. The van der Waals surface area contributed by atoms with Crippen LogP contribution in [0.2, 0.25) is 18.1 Å². The Morgan fingerprint density at radius 1 is 1.47 bits per heavy atom. The van der Waals surface area contributed by atoms with Gasteiger partial charge >= 0.3 is 0 Å². The molecule has 1 unspecified atom stereocenters. The predicted octanol–water partition coefficient (Wildman–Crippen LogP) is 5.25. The first-order valence-electron chi connectivity index (χ1n) is 11.1. The largest absolute Gasteiger partial charge is 0.413 e. The molecule has 8 nitrogen and oxygen atoms in total. The molecule has 184 valence electrons. The van der Waals surface area contributed by atoms with Gasteiger partial charge in [0.05, 0.1) is 35.7 Å². The number of ether oxygens (including phenoxy) is 1. The Morgan fingerprint density at radius 2 is 2.18 bits per heavy atom. The second-order valence-corrected chi connectivity index (χ2v) is 15.6. The van der Waals surface area contributed by atoms with E-state index in [0.29, 0.717) is 35.4 Å². The lowest BCUT2D eigenvalue weighted by molar-refractivity contribution is 0.0342. The monoisotopic (exact) mass is 551 g/mol. The quantitative estimate of drug-likeness (QED) is 0.454. The van der Waals surface area contributed by atoms with Gasteiger partial charge in [0, 0.05) is 18.5 Å². The minimum absolute atomic E-state index is 0.0151. The van der Waals surface area contributed by atoms with E-state index in [2.05, 4.69) is 66.3 Å². The lowest BCUT2D eigenvalue weighted by atomic mass is 9.97. The van der Waals surface area contributed by atoms with E-state index in [0.717, 1.165) is 0 Å². The summed E-state index contributed by atoms with van der Waals surface area (Å²) in [5, 5.41) is 17.0. The molecule has 2 aromatic rings. The van der Waals surface area contributed by atoms with Gasteiger partial charge in [0.2, 0.25) is 0 Å². The summed E-state index contributed by atoms with van der Waals surface area (Å²) < 4.78 is 28.4. The fraction of sp³-hybridized carbons (Fsp3) is 0.522. The average molecular weight is 553 g/mol. The first-order valence-corrected chi connectivity index (χ1v) is 14.8. The van der Waals surface area contributed by atoms with E-state index in [1.807, 2.05) is 0 Å². The van der Waals surface area contributed by atoms with Gasteiger partial charge in [-0.25, -0.2) is 4.39 Å². The number of primary amides is 1. The summed E-state index contributed by atoms with van der Waals surface area (Å²) in [5.74, 6) is -1.26. The van der Waals surface area contributed by atoms with Crippen LogP contribution >= 0.6 is 15.9 Å². The van der Waals surface area contributed by atoms with Gasteiger partial charge in [-0.15, -0.1) is 0 Å². The summed E-state index contributed by atoms with van der Waals surface area (Å²) in [5.41, 5.74) is 6.75. The van der Waals surface area contributed by atoms with Crippen molar-refractivity contribution in [1.82, 2.24) is 9.78 Å². The Morgan fingerprint density at radius 3 is 2.79 bits per heavy atom. The number of benzene rings is 1. The number of rotatable bonds is 7. The number of amides is 1. The van der Waals surface area contributed by atoms with Crippen LogP contribution in [0.5, 0.6) is 0 Å². The molecule has 0 bridgehead atoms. The molecule has 1 aromatic heterocycles. The maximum atomic E-state index is 14.7. The number of anilines is 2. The summed E-state index contributed by atoms with van der Waals surface area (Å²) in [6.45, 7) is 11.7. The smallest absolute Gasteiger partial charge is 0.254 e. The second kappa shape index (κ2) is 10.2. The molecule has 1 fully saturated rings. The average Bonchev–Trinajstić information content (AvgIpc) is 3.18. The Hall–Kier alpha value is -2.26. The molecule has 34 heavy (non-hydrogen) atoms. The van der Waals surface area contributed by atoms with Crippen molar-refractivity contribution in [1.29, 1.82) is 5.26 Å². The number of carbonyl (C=O) groups is 1. The molecule has 1 aromatic carbocycles. The van der Waals surface area contributed by atoms with E-state index in [9.17, 15) is 14.4 Å². The third kappa shape index (κ3) is 5.68. The van der Waals surface area contributed by atoms with Gasteiger partial charge in [0.25, 0.3) is 5.91 Å². The predicted molar refractivity (Wildman–Crippen MR) is 134 cm³/mol. The third-order valence-corrected chi connectivity index (χ3v) is 12.0. The highest BCUT2D eigenvalue weighted by molar-refractivity contribution is 9.10. The van der Waals surface area contributed by atoms with Crippen LogP contribution in [0.15, 0.2) is 22.8 Å². The maximum absolute atomic E-state index is 14.7. The van der Waals surface area contributed by atoms with E-state index < -0.39 is 20.0 Å². The molecule has 0 aliphatic carbocycles. The molecule has 3 rings (SSSR count). The Balaban J connectivity index is 1.90. The first-order chi connectivity index (χ1) is 15.8. The number of nitriles is 1. The van der Waals surface area contributed by atoms with Crippen LogP contribution in [0.1, 0.15) is 49.2 Å². The second-order valence-electron chi connectivity index (χ2n) is 10.0. The first kappa shape index (κ1) is 26.3. The molecule has 11 heteroatoms. The normalized spacial score (nSPS) is 19.0. The van der Waals surface area contributed by atoms with E-state index in [1.54, 1.807) is 6.07 Å². The van der Waals surface area contributed by atoms with Gasteiger partial charge in [-0.1, -0.05) is 20.8 Å². The number of nitrogens with zero attached hydrogens (tertiary/aromatic N) is 3. The Labute approximate surface area is 208 Å². The highest BCUT2D eigenvalue weighted by Gasteiger charge is 2.37. The zero-order chi connectivity index (χ0) is 25.3. The van der Waals surface area contributed by atoms with Crippen molar-refractivity contribution in [3.63, 3.8) is 0 Å². The van der Waals surface area contributed by atoms with Gasteiger partial charge in [-0.05, 0) is 58.2 Å². The van der Waals surface area contributed by atoms with Crippen LogP contribution < -0.4 is 11.1 Å². The van der Waals surface area contributed by atoms with Crippen molar-refractivity contribution in [2.24, 2.45) is 11.7 Å². The molecule has 0 saturated carbocycles. The molecule has 3 N–H and O–H groups in total. The van der Waals surface area contributed by atoms with Crippen molar-refractivity contribution in [2.45, 2.75) is 58.0 Å². The molecule has 2 heterocycles. The summed E-state index contributed by atoms with van der Waals surface area (Å²) in [7, 11) is -2.05. The standard InChI is InChI=1S/C23H31BrFN5O3Si/c1-23(2,3)34(4,5)33-12-15-8-16(9-18(25)20(15)24)28-22-17(21(27)31)11-30(29-22)19-13-32-7-6-14(19)10-26/h8-9,11,14,19H,6-7,12-13H2,1-5H3,(H2,27,31)(H,28,29)/t14-,19?/m1/s1. The van der Waals surface area contributed by atoms with Gasteiger partial charge in [0.15, 0.2) is 14.1 Å². The highest BCUT2D eigenvalue weighted by Crippen LogP contribution is 2.38. The molecule has 2 atom stereocenters. The molecule has 0 radical (unpaired) electrons. The number of nitrogens with one attached hydrogen (secondary N) is 1. The molecular weight excluding hydrogens is 521 g/mol. The van der Waals surface area contributed by atoms with Crippen molar-refractivity contribution in [2.75, 3.05) is 18.5 Å². The number of hydrogen-bond acceptors (Lipinski definition) is 6. The number of hydrogen-bond donors (Lipinski definition) is 2. The van der Waals surface area contributed by atoms with Gasteiger partial charge in [-0.3, -0.25) is 9.48 Å². The molecule has 1 aliphatic heterocycles. The topological polar surface area (TPSA) is 115 Å². The van der Waals surface area contributed by atoms with Crippen LogP contribution in [0.3, 0.4) is 0 Å². The van der Waals surface area contributed by atoms with E-state index >= 15 is 0 Å². The number of carbonyl (C=O) groups excluding carboxylic acids is 1. The SMILES string of the molecule is CC(C)(C)[Si](C)(C)OCc1cc(Nc2nn(C3COCC[C@@H]3C#N)cc2C(N)=O)cc(F)c1Br. The Kier molecular flexibility index (Phi) is 7.87. The highest BCUT2D eigenvalue weighted by atomic mass is 79.9. The van der Waals surface area contributed by atoms with Crippen LogP contribution in [0.25, 0.3) is 0 Å². The number of nitrogens with two attached hydrogens (primary N) is 1.